The molecule has 3 aromatic rings. The summed E-state index contributed by atoms with van der Waals surface area (Å²) in [6.45, 7) is -0.215. The second-order valence-corrected chi connectivity index (χ2v) is 8.27. The Hall–Kier alpha value is -3.86. The molecule has 4 rings (SSSR count). The summed E-state index contributed by atoms with van der Waals surface area (Å²) < 4.78 is 106. The summed E-state index contributed by atoms with van der Waals surface area (Å²) >= 11 is 0. The maximum Gasteiger partial charge on any atom is 0.417 e. The molecule has 1 aliphatic rings. The lowest BCUT2D eigenvalue weighted by atomic mass is 10.1. The van der Waals surface area contributed by atoms with Crippen LogP contribution in [0.5, 0.6) is 0 Å². The zero-order chi connectivity index (χ0) is 28.2. The largest absolute Gasteiger partial charge is 0.417 e. The molecule has 3 aromatic heterocycles. The van der Waals surface area contributed by atoms with E-state index in [0.29, 0.717) is 23.0 Å². The number of hydrogen-bond donors (Lipinski definition) is 3. The highest BCUT2D eigenvalue weighted by Crippen LogP contribution is 2.33. The molecular weight excluding hydrogens is 538 g/mol. The number of aliphatic hydroxyl groups excluding tert-OH is 2. The third-order valence-electron chi connectivity index (χ3n) is 5.61. The molecule has 9 nitrogen and oxygen atoms in total. The molecule has 0 unspecified atom stereocenters. The number of β-amino-alcohol motifs (C(OH)–C–C–N with tert-alkyl or cyclic N) is 2. The van der Waals surface area contributed by atoms with Crippen molar-refractivity contribution < 1.29 is 50.1 Å². The Labute approximate surface area is 205 Å². The van der Waals surface area contributed by atoms with E-state index in [1.807, 2.05) is 0 Å². The quantitative estimate of drug-likeness (QED) is 0.422. The molecule has 0 saturated carbocycles. The first-order valence-corrected chi connectivity index (χ1v) is 10.5. The van der Waals surface area contributed by atoms with Crippen LogP contribution in [0.1, 0.15) is 10.4 Å². The van der Waals surface area contributed by atoms with Gasteiger partial charge in [-0.25, -0.2) is 18.7 Å². The second-order valence-electron chi connectivity index (χ2n) is 8.27. The van der Waals surface area contributed by atoms with E-state index < -0.39 is 76.0 Å². The number of aromatic nitrogens is 3. The summed E-state index contributed by atoms with van der Waals surface area (Å²) in [4.78, 5) is 34.5. The maximum atomic E-state index is 14.6. The minimum atomic E-state index is -5.96. The number of rotatable bonds is 4. The fourth-order valence-electron chi connectivity index (χ4n) is 3.79. The van der Waals surface area contributed by atoms with Gasteiger partial charge in [-0.1, -0.05) is 0 Å². The Bertz CT molecular complexity index is 1430. The highest BCUT2D eigenvalue weighted by molar-refractivity contribution is 5.97. The lowest BCUT2D eigenvalue weighted by molar-refractivity contribution is -0.255. The highest BCUT2D eigenvalue weighted by Gasteiger charge is 2.57. The van der Waals surface area contributed by atoms with Crippen molar-refractivity contribution in [2.24, 2.45) is 0 Å². The van der Waals surface area contributed by atoms with Crippen LogP contribution in [0.3, 0.4) is 0 Å². The number of carbonyl (C=O) groups is 1. The number of nitrogens with one attached hydrogen (secondary N) is 1. The van der Waals surface area contributed by atoms with Crippen molar-refractivity contribution in [1.82, 2.24) is 19.9 Å². The number of aliphatic hydroxyl groups is 2. The Kier molecular flexibility index (Phi) is 6.77. The maximum absolute atomic E-state index is 14.6. The van der Waals surface area contributed by atoms with Crippen LogP contribution < -0.4 is 15.6 Å². The Balaban J connectivity index is 1.91. The minimum Gasteiger partial charge on any atom is -0.389 e. The van der Waals surface area contributed by atoms with Crippen LogP contribution in [0.2, 0.25) is 0 Å². The van der Waals surface area contributed by atoms with Crippen molar-refractivity contribution in [2.45, 2.75) is 30.6 Å². The van der Waals surface area contributed by atoms with Crippen molar-refractivity contribution >= 4 is 22.8 Å². The molecular formula is C21H15F8N5O4. The van der Waals surface area contributed by atoms with Crippen molar-refractivity contribution in [2.75, 3.05) is 18.0 Å². The van der Waals surface area contributed by atoms with Crippen LogP contribution in [0, 0.1) is 11.6 Å². The number of hydrogen-bond acceptors (Lipinski definition) is 7. The zero-order valence-electron chi connectivity index (χ0n) is 18.6. The smallest absolute Gasteiger partial charge is 0.389 e. The summed E-state index contributed by atoms with van der Waals surface area (Å²) in [7, 11) is 0. The fraction of sp³-hybridized carbons (Fsp3) is 0.333. The van der Waals surface area contributed by atoms with Gasteiger partial charge in [-0.3, -0.25) is 14.2 Å². The van der Waals surface area contributed by atoms with E-state index in [0.717, 1.165) is 11.4 Å². The van der Waals surface area contributed by atoms with E-state index in [9.17, 15) is 54.9 Å². The molecule has 2 atom stereocenters. The van der Waals surface area contributed by atoms with Crippen molar-refractivity contribution in [3.8, 4) is 5.82 Å². The van der Waals surface area contributed by atoms with Crippen molar-refractivity contribution in [1.29, 1.82) is 0 Å². The zero-order valence-corrected chi connectivity index (χ0v) is 18.6. The van der Waals surface area contributed by atoms with E-state index in [-0.39, 0.29) is 18.9 Å². The third kappa shape index (κ3) is 5.10. The summed E-state index contributed by atoms with van der Waals surface area (Å²) in [6.07, 6.45) is -13.3. The predicted octanol–water partition coefficient (Wildman–Crippen LogP) is 1.82. The molecule has 1 saturated heterocycles. The van der Waals surface area contributed by atoms with Gasteiger partial charge in [0, 0.05) is 25.4 Å². The normalized spacial score (nSPS) is 18.4. The lowest BCUT2D eigenvalue weighted by Gasteiger charge is -2.24. The van der Waals surface area contributed by atoms with Crippen molar-refractivity contribution in [3.05, 3.63) is 58.0 Å². The van der Waals surface area contributed by atoms with Gasteiger partial charge in [0.05, 0.1) is 23.8 Å². The summed E-state index contributed by atoms with van der Waals surface area (Å²) in [5.41, 5.74) is -3.05. The topological polar surface area (TPSA) is 121 Å². The molecule has 0 aromatic carbocycles. The number of halogens is 8. The van der Waals surface area contributed by atoms with E-state index in [2.05, 4.69) is 9.97 Å². The average Bonchev–Trinajstić information content (AvgIpc) is 3.14. The van der Waals surface area contributed by atoms with E-state index in [4.69, 9.17) is 0 Å². The number of nitrogens with zero attached hydrogens (tertiary/aromatic N) is 4. The number of pyridine rings is 3. The third-order valence-corrected chi connectivity index (χ3v) is 5.61. The monoisotopic (exact) mass is 553 g/mol. The van der Waals surface area contributed by atoms with Crippen LogP contribution in [0.15, 0.2) is 35.4 Å². The van der Waals surface area contributed by atoms with Gasteiger partial charge in [0.1, 0.15) is 17.2 Å². The molecule has 1 fully saturated rings. The molecule has 4 heterocycles. The number of alkyl halides is 6. The Morgan fingerprint density at radius 3 is 2.21 bits per heavy atom. The SMILES string of the molecule is O=C(NC(C(F)(F)F)C(F)(F)F)c1cn(-c2ncc(F)cc2F)c2nc(N3C[C@@H](O)[C@H](O)C3)ccc2c1=O. The Morgan fingerprint density at radius 1 is 1.05 bits per heavy atom. The summed E-state index contributed by atoms with van der Waals surface area (Å²) in [6, 6.07) is -1.79. The van der Waals surface area contributed by atoms with Gasteiger partial charge in [-0.2, -0.15) is 26.3 Å². The second kappa shape index (κ2) is 9.46. The predicted molar refractivity (Wildman–Crippen MR) is 113 cm³/mol. The van der Waals surface area contributed by atoms with E-state index in [1.54, 1.807) is 0 Å². The molecule has 204 valence electrons. The van der Waals surface area contributed by atoms with Crippen LogP contribution in [-0.2, 0) is 0 Å². The molecule has 1 aliphatic heterocycles. The van der Waals surface area contributed by atoms with Gasteiger partial charge in [-0.05, 0) is 12.1 Å². The van der Waals surface area contributed by atoms with Crippen LogP contribution >= 0.6 is 0 Å². The first-order valence-electron chi connectivity index (χ1n) is 10.5. The fourth-order valence-corrected chi connectivity index (χ4v) is 3.79. The van der Waals surface area contributed by atoms with Crippen LogP contribution in [0.25, 0.3) is 16.9 Å². The van der Waals surface area contributed by atoms with Crippen LogP contribution in [0.4, 0.5) is 40.9 Å². The van der Waals surface area contributed by atoms with Gasteiger partial charge in [0.25, 0.3) is 5.91 Å². The molecule has 0 radical (unpaired) electrons. The number of carbonyl (C=O) groups excluding carboxylic acids is 1. The van der Waals surface area contributed by atoms with E-state index >= 15 is 0 Å². The molecule has 0 bridgehead atoms. The molecule has 0 aliphatic carbocycles. The Morgan fingerprint density at radius 2 is 1.66 bits per heavy atom. The first kappa shape index (κ1) is 27.2. The van der Waals surface area contributed by atoms with E-state index in [1.165, 1.54) is 11.0 Å². The highest BCUT2D eigenvalue weighted by atomic mass is 19.4. The lowest BCUT2D eigenvalue weighted by Crippen LogP contribution is -2.55. The molecule has 38 heavy (non-hydrogen) atoms. The minimum absolute atomic E-state index is 0.0233. The molecule has 3 N–H and O–H groups in total. The summed E-state index contributed by atoms with van der Waals surface area (Å²) in [5.74, 6) is -5.36. The van der Waals surface area contributed by atoms with Gasteiger partial charge >= 0.3 is 12.4 Å². The average molecular weight is 553 g/mol. The van der Waals surface area contributed by atoms with Gasteiger partial charge < -0.3 is 20.4 Å². The van der Waals surface area contributed by atoms with Gasteiger partial charge in [0.15, 0.2) is 17.3 Å². The molecule has 1 amide bonds. The van der Waals surface area contributed by atoms with Gasteiger partial charge in [0.2, 0.25) is 11.5 Å². The van der Waals surface area contributed by atoms with Gasteiger partial charge in [-0.15, -0.1) is 0 Å². The molecule has 17 heteroatoms. The van der Waals surface area contributed by atoms with Crippen molar-refractivity contribution in [3.63, 3.8) is 0 Å². The summed E-state index contributed by atoms with van der Waals surface area (Å²) in [5, 5.41) is 19.8. The first-order chi connectivity index (χ1) is 17.6. The standard InChI is InChI=1S/C21H15F8N5O4/c22-8-3-11(23)17(30-4-8)34-5-10(18(38)32-19(20(24,25)26)21(27,28)29)15(37)9-1-2-14(31-16(9)34)33-6-12(35)13(36)7-33/h1-5,12-13,19,35-36H,6-7H2,(H,32,38)/t12-,13-/m1/s1. The number of amides is 1. The van der Waals surface area contributed by atoms with Crippen LogP contribution in [-0.4, -0.2) is 74.3 Å². The molecule has 0 spiro atoms. The number of fused-ring (bicyclic) bond motifs is 1. The number of anilines is 1.